The van der Waals surface area contributed by atoms with Crippen LogP contribution in [0.15, 0.2) is 22.7 Å². The number of hydrogen-bond acceptors (Lipinski definition) is 2. The highest BCUT2D eigenvalue weighted by Gasteiger charge is 2.13. The predicted molar refractivity (Wildman–Crippen MR) is 73.5 cm³/mol. The molecule has 0 spiro atoms. The Morgan fingerprint density at radius 2 is 2.18 bits per heavy atom. The molecule has 3 heteroatoms. The van der Waals surface area contributed by atoms with E-state index in [-0.39, 0.29) is 5.92 Å². The third kappa shape index (κ3) is 4.15. The number of benzene rings is 1. The molecule has 0 aromatic heterocycles. The first-order chi connectivity index (χ1) is 8.08. The van der Waals surface area contributed by atoms with Crippen LogP contribution in [0.25, 0.3) is 0 Å². The smallest absolute Gasteiger partial charge is 0.140 e. The molecule has 1 rings (SSSR count). The molecule has 0 fully saturated rings. The molecule has 0 amide bonds. The number of ether oxygens (including phenoxy) is 1. The normalized spacial score (nSPS) is 12.2. The van der Waals surface area contributed by atoms with E-state index < -0.39 is 0 Å². The maximum atomic E-state index is 11.9. The van der Waals surface area contributed by atoms with E-state index in [0.29, 0.717) is 12.2 Å². The predicted octanol–water partition coefficient (Wildman–Crippen LogP) is 4.01. The van der Waals surface area contributed by atoms with Gasteiger partial charge in [0, 0.05) is 12.3 Å². The minimum Gasteiger partial charge on any atom is -0.496 e. The lowest BCUT2D eigenvalue weighted by Crippen LogP contribution is -2.13. The first kappa shape index (κ1) is 14.2. The monoisotopic (exact) mass is 298 g/mol. The highest BCUT2D eigenvalue weighted by Crippen LogP contribution is 2.26. The average Bonchev–Trinajstić information content (AvgIpc) is 2.29. The quantitative estimate of drug-likeness (QED) is 0.793. The molecule has 0 aliphatic rings. The van der Waals surface area contributed by atoms with Gasteiger partial charge in [0.05, 0.1) is 11.6 Å². The number of carbonyl (C=O) groups is 1. The Labute approximate surface area is 111 Å². The van der Waals surface area contributed by atoms with Gasteiger partial charge in [-0.1, -0.05) is 26.3 Å². The van der Waals surface area contributed by atoms with E-state index in [1.54, 1.807) is 7.11 Å². The zero-order valence-corrected chi connectivity index (χ0v) is 12.2. The molecule has 0 saturated heterocycles. The van der Waals surface area contributed by atoms with Crippen LogP contribution in [0.1, 0.15) is 32.3 Å². The average molecular weight is 299 g/mol. The van der Waals surface area contributed by atoms with Crippen LogP contribution >= 0.6 is 15.9 Å². The molecule has 1 aromatic carbocycles. The SMILES string of the molecule is CCCC(C)C(=O)Cc1ccc(OC)c(Br)c1. The second-order valence-corrected chi connectivity index (χ2v) is 5.16. The van der Waals surface area contributed by atoms with Crippen LogP contribution in [-0.2, 0) is 11.2 Å². The minimum atomic E-state index is 0.154. The van der Waals surface area contributed by atoms with E-state index in [2.05, 4.69) is 22.9 Å². The van der Waals surface area contributed by atoms with Gasteiger partial charge in [-0.3, -0.25) is 4.79 Å². The summed E-state index contributed by atoms with van der Waals surface area (Å²) in [6.45, 7) is 4.11. The lowest BCUT2D eigenvalue weighted by molar-refractivity contribution is -0.121. The number of hydrogen-bond donors (Lipinski definition) is 0. The number of rotatable bonds is 6. The summed E-state index contributed by atoms with van der Waals surface area (Å²) in [6, 6.07) is 5.78. The van der Waals surface area contributed by atoms with Crippen molar-refractivity contribution in [3.8, 4) is 5.75 Å². The summed E-state index contributed by atoms with van der Waals surface area (Å²) in [5.74, 6) is 1.26. The number of ketones is 1. The van der Waals surface area contributed by atoms with Crippen molar-refractivity contribution in [1.82, 2.24) is 0 Å². The van der Waals surface area contributed by atoms with Crippen LogP contribution in [0.4, 0.5) is 0 Å². The van der Waals surface area contributed by atoms with Crippen LogP contribution in [0, 0.1) is 5.92 Å². The first-order valence-electron chi connectivity index (χ1n) is 5.93. The molecule has 0 N–H and O–H groups in total. The van der Waals surface area contributed by atoms with Crippen LogP contribution in [0.2, 0.25) is 0 Å². The molecule has 17 heavy (non-hydrogen) atoms. The Hall–Kier alpha value is -0.830. The van der Waals surface area contributed by atoms with Gasteiger partial charge in [-0.2, -0.15) is 0 Å². The number of carbonyl (C=O) groups excluding carboxylic acids is 1. The summed E-state index contributed by atoms with van der Waals surface area (Å²) in [4.78, 5) is 11.9. The molecular weight excluding hydrogens is 280 g/mol. The second kappa shape index (κ2) is 6.80. The summed E-state index contributed by atoms with van der Waals surface area (Å²) in [5, 5.41) is 0. The van der Waals surface area contributed by atoms with Gasteiger partial charge in [0.15, 0.2) is 0 Å². The van der Waals surface area contributed by atoms with Gasteiger partial charge in [-0.25, -0.2) is 0 Å². The lowest BCUT2D eigenvalue weighted by Gasteiger charge is -2.10. The molecule has 1 atom stereocenters. The minimum absolute atomic E-state index is 0.154. The third-order valence-corrected chi connectivity index (χ3v) is 3.49. The van der Waals surface area contributed by atoms with Gasteiger partial charge in [-0.05, 0) is 40.0 Å². The number of halogens is 1. The summed E-state index contributed by atoms with van der Waals surface area (Å²) < 4.78 is 6.06. The van der Waals surface area contributed by atoms with Crippen molar-refractivity contribution in [3.63, 3.8) is 0 Å². The van der Waals surface area contributed by atoms with Gasteiger partial charge >= 0.3 is 0 Å². The van der Waals surface area contributed by atoms with Crippen molar-refractivity contribution < 1.29 is 9.53 Å². The molecule has 0 heterocycles. The van der Waals surface area contributed by atoms with Crippen molar-refractivity contribution in [2.45, 2.75) is 33.1 Å². The molecule has 0 saturated carbocycles. The Morgan fingerprint density at radius 3 is 2.71 bits per heavy atom. The summed E-state index contributed by atoms with van der Waals surface area (Å²) in [6.07, 6.45) is 2.53. The molecule has 1 unspecified atom stereocenters. The molecular formula is C14H19BrO2. The number of methoxy groups -OCH3 is 1. The number of Topliss-reactive ketones (excluding diaryl/α,β-unsaturated/α-hetero) is 1. The Bertz CT molecular complexity index is 388. The van der Waals surface area contributed by atoms with Crippen molar-refractivity contribution in [2.75, 3.05) is 7.11 Å². The van der Waals surface area contributed by atoms with Gasteiger partial charge in [0.1, 0.15) is 11.5 Å². The Balaban J connectivity index is 2.69. The van der Waals surface area contributed by atoms with E-state index in [9.17, 15) is 4.79 Å². The fraction of sp³-hybridized carbons (Fsp3) is 0.500. The highest BCUT2D eigenvalue weighted by molar-refractivity contribution is 9.10. The Kier molecular flexibility index (Phi) is 5.69. The zero-order valence-electron chi connectivity index (χ0n) is 10.6. The highest BCUT2D eigenvalue weighted by atomic mass is 79.9. The maximum Gasteiger partial charge on any atom is 0.140 e. The summed E-state index contributed by atoms with van der Waals surface area (Å²) in [7, 11) is 1.63. The molecule has 0 aliphatic carbocycles. The third-order valence-electron chi connectivity index (χ3n) is 2.87. The topological polar surface area (TPSA) is 26.3 Å². The van der Waals surface area contributed by atoms with Crippen LogP contribution in [0.5, 0.6) is 5.75 Å². The molecule has 2 nitrogen and oxygen atoms in total. The van der Waals surface area contributed by atoms with E-state index in [1.807, 2.05) is 25.1 Å². The van der Waals surface area contributed by atoms with Gasteiger partial charge in [-0.15, -0.1) is 0 Å². The molecule has 0 aliphatic heterocycles. The second-order valence-electron chi connectivity index (χ2n) is 4.30. The molecule has 94 valence electrons. The standard InChI is InChI=1S/C14H19BrO2/c1-4-5-10(2)13(16)9-11-6-7-14(17-3)12(15)8-11/h6-8,10H,4-5,9H2,1-3H3. The van der Waals surface area contributed by atoms with Gasteiger partial charge in [0.25, 0.3) is 0 Å². The zero-order chi connectivity index (χ0) is 12.8. The molecule has 1 aromatic rings. The van der Waals surface area contributed by atoms with Gasteiger partial charge < -0.3 is 4.74 Å². The van der Waals surface area contributed by atoms with E-state index >= 15 is 0 Å². The largest absolute Gasteiger partial charge is 0.496 e. The van der Waals surface area contributed by atoms with Crippen LogP contribution in [0.3, 0.4) is 0 Å². The lowest BCUT2D eigenvalue weighted by atomic mass is 9.96. The van der Waals surface area contributed by atoms with Crippen molar-refractivity contribution in [2.24, 2.45) is 5.92 Å². The Morgan fingerprint density at radius 1 is 1.47 bits per heavy atom. The van der Waals surface area contributed by atoms with E-state index in [0.717, 1.165) is 28.6 Å². The fourth-order valence-electron chi connectivity index (χ4n) is 1.79. The van der Waals surface area contributed by atoms with Crippen LogP contribution in [-0.4, -0.2) is 12.9 Å². The summed E-state index contributed by atoms with van der Waals surface area (Å²) >= 11 is 3.43. The fourth-order valence-corrected chi connectivity index (χ4v) is 2.38. The summed E-state index contributed by atoms with van der Waals surface area (Å²) in [5.41, 5.74) is 1.03. The molecule has 0 bridgehead atoms. The van der Waals surface area contributed by atoms with Crippen molar-refractivity contribution >= 4 is 21.7 Å². The van der Waals surface area contributed by atoms with Gasteiger partial charge in [0.2, 0.25) is 0 Å². The molecule has 0 radical (unpaired) electrons. The maximum absolute atomic E-state index is 11.9. The van der Waals surface area contributed by atoms with Crippen LogP contribution < -0.4 is 4.74 Å². The van der Waals surface area contributed by atoms with Crippen molar-refractivity contribution in [1.29, 1.82) is 0 Å². The van der Waals surface area contributed by atoms with Crippen molar-refractivity contribution in [3.05, 3.63) is 28.2 Å². The first-order valence-corrected chi connectivity index (χ1v) is 6.72. The van der Waals surface area contributed by atoms with E-state index in [4.69, 9.17) is 4.74 Å². The van der Waals surface area contributed by atoms with E-state index in [1.165, 1.54) is 0 Å².